The van der Waals surface area contributed by atoms with Crippen LogP contribution in [0.3, 0.4) is 0 Å². The topological polar surface area (TPSA) is 49.5 Å². The Balaban J connectivity index is 1.86. The van der Waals surface area contributed by atoms with E-state index in [4.69, 9.17) is 5.73 Å². The number of fused-ring (bicyclic) bond motifs is 1. The van der Waals surface area contributed by atoms with Crippen molar-refractivity contribution >= 4 is 0 Å². The van der Waals surface area contributed by atoms with Gasteiger partial charge in [0.15, 0.2) is 0 Å². The molecule has 0 saturated heterocycles. The lowest BCUT2D eigenvalue weighted by Gasteiger charge is -2.20. The Labute approximate surface area is 103 Å². The van der Waals surface area contributed by atoms with E-state index in [1.54, 1.807) is 0 Å². The Morgan fingerprint density at radius 1 is 1.18 bits per heavy atom. The molecular weight excluding hydrogens is 212 g/mol. The van der Waals surface area contributed by atoms with Gasteiger partial charge in [-0.05, 0) is 30.4 Å². The summed E-state index contributed by atoms with van der Waals surface area (Å²) < 4.78 is 0. The number of hydrogen-bond acceptors (Lipinski definition) is 3. The van der Waals surface area contributed by atoms with Crippen LogP contribution >= 0.6 is 0 Å². The summed E-state index contributed by atoms with van der Waals surface area (Å²) in [7, 11) is 0. The van der Waals surface area contributed by atoms with Gasteiger partial charge >= 0.3 is 0 Å². The number of benzene rings is 1. The normalized spacial score (nSPS) is 18.5. The van der Waals surface area contributed by atoms with Gasteiger partial charge in [-0.1, -0.05) is 24.3 Å². The fourth-order valence-electron chi connectivity index (χ4n) is 2.39. The number of nitrogens with two attached hydrogens (primary N) is 1. The molecule has 3 nitrogen and oxygen atoms in total. The highest BCUT2D eigenvalue weighted by Crippen LogP contribution is 2.15. The summed E-state index contributed by atoms with van der Waals surface area (Å²) in [5.41, 5.74) is 8.38. The highest BCUT2D eigenvalue weighted by Gasteiger charge is 2.14. The lowest BCUT2D eigenvalue weighted by Crippen LogP contribution is -2.31. The van der Waals surface area contributed by atoms with Crippen LogP contribution in [0.2, 0.25) is 0 Å². The summed E-state index contributed by atoms with van der Waals surface area (Å²) in [6.07, 6.45) is 2.68. The van der Waals surface area contributed by atoms with E-state index >= 15 is 0 Å². The Bertz CT molecular complexity index is 327. The van der Waals surface area contributed by atoms with E-state index in [2.05, 4.69) is 29.2 Å². The third-order valence-corrected chi connectivity index (χ3v) is 3.56. The van der Waals surface area contributed by atoms with E-state index in [0.29, 0.717) is 6.54 Å². The number of aliphatic hydroxyl groups is 1. The van der Waals surface area contributed by atoms with Crippen molar-refractivity contribution in [3.8, 4) is 0 Å². The van der Waals surface area contributed by atoms with Crippen molar-refractivity contribution in [2.24, 2.45) is 5.73 Å². The molecule has 2 rings (SSSR count). The molecule has 3 N–H and O–H groups in total. The van der Waals surface area contributed by atoms with Gasteiger partial charge in [0.05, 0.1) is 6.10 Å². The summed E-state index contributed by atoms with van der Waals surface area (Å²) in [6.45, 7) is 3.50. The Hall–Kier alpha value is -0.900. The zero-order valence-electron chi connectivity index (χ0n) is 10.3. The zero-order valence-corrected chi connectivity index (χ0v) is 10.3. The molecule has 1 atom stereocenters. The fraction of sp³-hybridized carbons (Fsp3) is 0.571. The van der Waals surface area contributed by atoms with Gasteiger partial charge in [-0.3, -0.25) is 0 Å². The van der Waals surface area contributed by atoms with Crippen molar-refractivity contribution in [2.75, 3.05) is 26.2 Å². The lowest BCUT2D eigenvalue weighted by atomic mass is 10.0. The molecule has 1 aromatic rings. The molecule has 0 radical (unpaired) electrons. The minimum Gasteiger partial charge on any atom is -0.392 e. The molecule has 3 heteroatoms. The van der Waals surface area contributed by atoms with Crippen LogP contribution in [0.5, 0.6) is 0 Å². The average Bonchev–Trinajstić information content (AvgIpc) is 2.58. The summed E-state index contributed by atoms with van der Waals surface area (Å²) in [4.78, 5) is 2.43. The molecule has 1 aliphatic heterocycles. The first kappa shape index (κ1) is 12.6. The second-order valence-corrected chi connectivity index (χ2v) is 4.79. The molecule has 0 fully saturated rings. The van der Waals surface area contributed by atoms with Crippen molar-refractivity contribution in [3.63, 3.8) is 0 Å². The average molecular weight is 234 g/mol. The lowest BCUT2D eigenvalue weighted by molar-refractivity contribution is 0.148. The largest absolute Gasteiger partial charge is 0.392 e. The second-order valence-electron chi connectivity index (χ2n) is 4.79. The van der Waals surface area contributed by atoms with Crippen molar-refractivity contribution in [1.82, 2.24) is 4.90 Å². The molecule has 1 heterocycles. The standard InChI is InChI=1S/C14H22N2O/c15-11-14(17)7-10-16-8-5-12-3-1-2-4-13(12)6-9-16/h1-4,14,17H,5-11,15H2. The maximum atomic E-state index is 9.48. The van der Waals surface area contributed by atoms with Crippen LogP contribution in [0, 0.1) is 0 Å². The molecule has 0 amide bonds. The molecule has 0 saturated carbocycles. The van der Waals surface area contributed by atoms with Crippen LogP contribution in [0.25, 0.3) is 0 Å². The minimum absolute atomic E-state index is 0.347. The molecule has 0 spiro atoms. The summed E-state index contributed by atoms with van der Waals surface area (Å²) >= 11 is 0. The van der Waals surface area contributed by atoms with Crippen LogP contribution in [0.4, 0.5) is 0 Å². The van der Waals surface area contributed by atoms with Crippen molar-refractivity contribution in [3.05, 3.63) is 35.4 Å². The van der Waals surface area contributed by atoms with Gasteiger partial charge in [-0.2, -0.15) is 0 Å². The third kappa shape index (κ3) is 3.53. The number of hydrogen-bond donors (Lipinski definition) is 2. The van der Waals surface area contributed by atoms with Gasteiger partial charge in [-0.25, -0.2) is 0 Å². The maximum absolute atomic E-state index is 9.48. The second kappa shape index (κ2) is 6.15. The van der Waals surface area contributed by atoms with E-state index in [1.165, 1.54) is 11.1 Å². The van der Waals surface area contributed by atoms with E-state index in [1.807, 2.05) is 0 Å². The predicted octanol–water partition coefficient (Wildman–Crippen LogP) is 0.797. The zero-order chi connectivity index (χ0) is 12.1. The van der Waals surface area contributed by atoms with Crippen molar-refractivity contribution < 1.29 is 5.11 Å². The summed E-state index contributed by atoms with van der Waals surface area (Å²) in [5, 5.41) is 9.48. The highest BCUT2D eigenvalue weighted by molar-refractivity contribution is 5.28. The first-order valence-corrected chi connectivity index (χ1v) is 6.47. The molecule has 0 aromatic heterocycles. The Kier molecular flexibility index (Phi) is 4.54. The molecule has 1 aromatic carbocycles. The van der Waals surface area contributed by atoms with Crippen LogP contribution in [-0.2, 0) is 12.8 Å². The van der Waals surface area contributed by atoms with Crippen molar-refractivity contribution in [2.45, 2.75) is 25.4 Å². The summed E-state index contributed by atoms with van der Waals surface area (Å²) in [6, 6.07) is 8.69. The molecule has 1 unspecified atom stereocenters. The van der Waals surface area contributed by atoms with Crippen LogP contribution < -0.4 is 5.73 Å². The highest BCUT2D eigenvalue weighted by atomic mass is 16.3. The van der Waals surface area contributed by atoms with Crippen LogP contribution in [0.15, 0.2) is 24.3 Å². The van der Waals surface area contributed by atoms with Crippen LogP contribution in [-0.4, -0.2) is 42.3 Å². The molecule has 0 aliphatic carbocycles. The van der Waals surface area contributed by atoms with Gasteiger partial charge < -0.3 is 15.7 Å². The fourth-order valence-corrected chi connectivity index (χ4v) is 2.39. The number of rotatable bonds is 4. The Morgan fingerprint density at radius 3 is 2.29 bits per heavy atom. The van der Waals surface area contributed by atoms with Crippen LogP contribution in [0.1, 0.15) is 17.5 Å². The molecule has 17 heavy (non-hydrogen) atoms. The number of nitrogens with zero attached hydrogens (tertiary/aromatic N) is 1. The Morgan fingerprint density at radius 2 is 1.76 bits per heavy atom. The smallest absolute Gasteiger partial charge is 0.0674 e. The van der Waals surface area contributed by atoms with E-state index in [-0.39, 0.29) is 6.10 Å². The van der Waals surface area contributed by atoms with Gasteiger partial charge in [0.2, 0.25) is 0 Å². The van der Waals surface area contributed by atoms with Gasteiger partial charge in [-0.15, -0.1) is 0 Å². The quantitative estimate of drug-likeness (QED) is 0.810. The molecule has 0 bridgehead atoms. The van der Waals surface area contributed by atoms with Gasteiger partial charge in [0, 0.05) is 26.2 Å². The monoisotopic (exact) mass is 234 g/mol. The molecule has 94 valence electrons. The van der Waals surface area contributed by atoms with E-state index < -0.39 is 0 Å². The molecule has 1 aliphatic rings. The molecular formula is C14H22N2O. The van der Waals surface area contributed by atoms with Gasteiger partial charge in [0.25, 0.3) is 0 Å². The first-order chi connectivity index (χ1) is 8.29. The van der Waals surface area contributed by atoms with Crippen molar-refractivity contribution in [1.29, 1.82) is 0 Å². The summed E-state index contributed by atoms with van der Waals surface area (Å²) in [5.74, 6) is 0. The van der Waals surface area contributed by atoms with Gasteiger partial charge in [0.1, 0.15) is 0 Å². The predicted molar refractivity (Wildman–Crippen MR) is 70.0 cm³/mol. The third-order valence-electron chi connectivity index (χ3n) is 3.56. The van der Waals surface area contributed by atoms with E-state index in [9.17, 15) is 5.11 Å². The first-order valence-electron chi connectivity index (χ1n) is 6.47. The number of aliphatic hydroxyl groups excluding tert-OH is 1. The van der Waals surface area contributed by atoms with E-state index in [0.717, 1.165) is 38.9 Å². The maximum Gasteiger partial charge on any atom is 0.0674 e. The SMILES string of the molecule is NCC(O)CCN1CCc2ccccc2CC1. The minimum atomic E-state index is -0.347.